The van der Waals surface area contributed by atoms with Gasteiger partial charge in [0.15, 0.2) is 0 Å². The van der Waals surface area contributed by atoms with Crippen molar-refractivity contribution in [1.82, 2.24) is 24.8 Å². The van der Waals surface area contributed by atoms with Crippen LogP contribution in [0.4, 0.5) is 0 Å². The zero-order valence-corrected chi connectivity index (χ0v) is 12.6. The van der Waals surface area contributed by atoms with Gasteiger partial charge in [0, 0.05) is 31.4 Å². The van der Waals surface area contributed by atoms with Crippen molar-refractivity contribution in [3.63, 3.8) is 0 Å². The molecular formula is C17H17N5O. The lowest BCUT2D eigenvalue weighted by molar-refractivity contribution is 0.0698. The highest BCUT2D eigenvalue weighted by Gasteiger charge is 2.27. The van der Waals surface area contributed by atoms with Crippen molar-refractivity contribution in [2.24, 2.45) is 0 Å². The minimum absolute atomic E-state index is 0.0566. The summed E-state index contributed by atoms with van der Waals surface area (Å²) in [7, 11) is 0. The minimum Gasteiger partial charge on any atom is -0.342 e. The second-order valence-corrected chi connectivity index (χ2v) is 5.82. The third kappa shape index (κ3) is 2.67. The Hall–Kier alpha value is -2.76. The Bertz CT molecular complexity index is 796. The number of amides is 1. The summed E-state index contributed by atoms with van der Waals surface area (Å²) < 4.78 is 0. The van der Waals surface area contributed by atoms with Gasteiger partial charge in [0.2, 0.25) is 0 Å². The van der Waals surface area contributed by atoms with Crippen molar-refractivity contribution in [3.8, 4) is 0 Å². The Kier molecular flexibility index (Phi) is 3.49. The first kappa shape index (κ1) is 13.9. The molecule has 3 heterocycles. The van der Waals surface area contributed by atoms with E-state index in [0.29, 0.717) is 12.2 Å². The highest BCUT2D eigenvalue weighted by Crippen LogP contribution is 2.27. The fourth-order valence-electron chi connectivity index (χ4n) is 3.12. The van der Waals surface area contributed by atoms with Crippen molar-refractivity contribution in [3.05, 3.63) is 54.4 Å². The Morgan fingerprint density at radius 1 is 1.26 bits per heavy atom. The number of carbonyl (C=O) groups excluding carboxylic acids is 1. The van der Waals surface area contributed by atoms with E-state index in [0.717, 1.165) is 36.2 Å². The van der Waals surface area contributed by atoms with Crippen LogP contribution in [0, 0.1) is 0 Å². The zero-order chi connectivity index (χ0) is 15.6. The van der Waals surface area contributed by atoms with Gasteiger partial charge in [-0.1, -0.05) is 12.1 Å². The average molecular weight is 307 g/mol. The molecule has 0 bridgehead atoms. The van der Waals surface area contributed by atoms with Crippen LogP contribution in [0.5, 0.6) is 0 Å². The molecule has 6 nitrogen and oxygen atoms in total. The predicted octanol–water partition coefficient (Wildman–Crippen LogP) is 2.37. The highest BCUT2D eigenvalue weighted by molar-refractivity contribution is 5.92. The molecule has 1 fully saturated rings. The van der Waals surface area contributed by atoms with Crippen molar-refractivity contribution >= 4 is 16.9 Å². The van der Waals surface area contributed by atoms with E-state index in [4.69, 9.17) is 0 Å². The topological polar surface area (TPSA) is 74.8 Å². The van der Waals surface area contributed by atoms with Crippen LogP contribution in [0.3, 0.4) is 0 Å². The lowest BCUT2D eigenvalue weighted by Gasteiger charge is -2.31. The fourth-order valence-corrected chi connectivity index (χ4v) is 3.12. The Labute approximate surface area is 133 Å². The first-order valence-corrected chi connectivity index (χ1v) is 7.81. The van der Waals surface area contributed by atoms with Crippen LogP contribution in [0.15, 0.2) is 42.9 Å². The molecule has 1 saturated heterocycles. The van der Waals surface area contributed by atoms with Crippen LogP contribution in [0.25, 0.3) is 11.0 Å². The maximum absolute atomic E-state index is 12.5. The van der Waals surface area contributed by atoms with Gasteiger partial charge in [-0.25, -0.2) is 9.97 Å². The van der Waals surface area contributed by atoms with Crippen LogP contribution in [0.1, 0.15) is 35.1 Å². The third-order valence-corrected chi connectivity index (χ3v) is 4.29. The summed E-state index contributed by atoms with van der Waals surface area (Å²) >= 11 is 0. The molecule has 1 amide bonds. The fraction of sp³-hybridized carbons (Fsp3) is 0.294. The van der Waals surface area contributed by atoms with Crippen molar-refractivity contribution < 1.29 is 4.79 Å². The molecule has 0 radical (unpaired) electrons. The first-order valence-electron chi connectivity index (χ1n) is 7.81. The number of hydrogen-bond donors (Lipinski definition) is 1. The van der Waals surface area contributed by atoms with Gasteiger partial charge in [0.1, 0.15) is 11.5 Å². The molecule has 0 unspecified atom stereocenters. The van der Waals surface area contributed by atoms with Crippen molar-refractivity contribution in [1.29, 1.82) is 0 Å². The summed E-state index contributed by atoms with van der Waals surface area (Å²) in [6.07, 6.45) is 6.64. The van der Waals surface area contributed by atoms with Crippen LogP contribution in [0.2, 0.25) is 0 Å². The molecule has 3 aromatic rings. The van der Waals surface area contributed by atoms with Gasteiger partial charge in [-0.2, -0.15) is 0 Å². The molecule has 0 spiro atoms. The molecule has 0 aliphatic carbocycles. The van der Waals surface area contributed by atoms with Gasteiger partial charge in [-0.05, 0) is 25.0 Å². The van der Waals surface area contributed by atoms with Gasteiger partial charge < -0.3 is 9.88 Å². The first-order chi connectivity index (χ1) is 11.3. The molecule has 0 saturated carbocycles. The number of fused-ring (bicyclic) bond motifs is 1. The molecule has 23 heavy (non-hydrogen) atoms. The number of likely N-dealkylation sites (tertiary alicyclic amines) is 1. The monoisotopic (exact) mass is 307 g/mol. The molecule has 2 aromatic heterocycles. The van der Waals surface area contributed by atoms with Gasteiger partial charge >= 0.3 is 0 Å². The molecular weight excluding hydrogens is 290 g/mol. The highest BCUT2D eigenvalue weighted by atomic mass is 16.2. The zero-order valence-electron chi connectivity index (χ0n) is 12.6. The van der Waals surface area contributed by atoms with E-state index in [1.54, 1.807) is 12.4 Å². The van der Waals surface area contributed by atoms with E-state index >= 15 is 0 Å². The number of nitrogens with one attached hydrogen (secondary N) is 1. The molecule has 1 aliphatic rings. The summed E-state index contributed by atoms with van der Waals surface area (Å²) in [6, 6.07) is 8.00. The predicted molar refractivity (Wildman–Crippen MR) is 86.0 cm³/mol. The summed E-state index contributed by atoms with van der Waals surface area (Å²) in [4.78, 5) is 30.6. The van der Waals surface area contributed by atoms with Crippen molar-refractivity contribution in [2.45, 2.75) is 18.8 Å². The average Bonchev–Trinajstić information content (AvgIpc) is 3.06. The third-order valence-electron chi connectivity index (χ3n) is 4.29. The Morgan fingerprint density at radius 2 is 2.17 bits per heavy atom. The lowest BCUT2D eigenvalue weighted by atomic mass is 9.97. The molecule has 4 rings (SSSR count). The standard InChI is InChI=1S/C17H17N5O/c23-17(15-10-18-7-8-19-15)22-9-3-4-12(11-22)16-20-13-5-1-2-6-14(13)21-16/h1-2,5-8,10,12H,3-4,9,11H2,(H,20,21)/t12-/m0/s1. The summed E-state index contributed by atoms with van der Waals surface area (Å²) in [5.41, 5.74) is 2.41. The number of benzene rings is 1. The molecule has 1 aromatic carbocycles. The van der Waals surface area contributed by atoms with Gasteiger partial charge in [-0.15, -0.1) is 0 Å². The lowest BCUT2D eigenvalue weighted by Crippen LogP contribution is -2.39. The molecule has 6 heteroatoms. The number of aromatic amines is 1. The number of hydrogen-bond acceptors (Lipinski definition) is 4. The van der Waals surface area contributed by atoms with E-state index in [1.165, 1.54) is 6.20 Å². The smallest absolute Gasteiger partial charge is 0.274 e. The van der Waals surface area contributed by atoms with Gasteiger partial charge in [0.05, 0.1) is 17.2 Å². The number of carbonyl (C=O) groups is 1. The summed E-state index contributed by atoms with van der Waals surface area (Å²) in [5.74, 6) is 1.14. The number of para-hydroxylation sites is 2. The van der Waals surface area contributed by atoms with E-state index in [2.05, 4.69) is 19.9 Å². The molecule has 116 valence electrons. The van der Waals surface area contributed by atoms with Gasteiger partial charge in [0.25, 0.3) is 5.91 Å². The van der Waals surface area contributed by atoms with E-state index < -0.39 is 0 Å². The molecule has 1 atom stereocenters. The summed E-state index contributed by atoms with van der Waals surface area (Å²) in [6.45, 7) is 1.42. The maximum atomic E-state index is 12.5. The quantitative estimate of drug-likeness (QED) is 0.788. The number of nitrogens with zero attached hydrogens (tertiary/aromatic N) is 4. The number of aromatic nitrogens is 4. The number of piperidine rings is 1. The van der Waals surface area contributed by atoms with E-state index in [-0.39, 0.29) is 11.8 Å². The SMILES string of the molecule is O=C(c1cnccn1)N1CCC[C@H](c2nc3ccccc3[nH]2)C1. The summed E-state index contributed by atoms with van der Waals surface area (Å²) in [5, 5.41) is 0. The number of H-pyrrole nitrogens is 1. The van der Waals surface area contributed by atoms with Crippen molar-refractivity contribution in [2.75, 3.05) is 13.1 Å². The maximum Gasteiger partial charge on any atom is 0.274 e. The molecule has 1 aliphatic heterocycles. The van der Waals surface area contributed by atoms with Crippen LogP contribution >= 0.6 is 0 Å². The van der Waals surface area contributed by atoms with E-state index in [9.17, 15) is 4.79 Å². The number of imidazole rings is 1. The second kappa shape index (κ2) is 5.79. The minimum atomic E-state index is -0.0566. The largest absolute Gasteiger partial charge is 0.342 e. The normalized spacial score (nSPS) is 18.3. The van der Waals surface area contributed by atoms with Gasteiger partial charge in [-0.3, -0.25) is 9.78 Å². The van der Waals surface area contributed by atoms with Crippen LogP contribution in [-0.2, 0) is 0 Å². The Morgan fingerprint density at radius 3 is 3.00 bits per heavy atom. The molecule has 1 N–H and O–H groups in total. The number of rotatable bonds is 2. The van der Waals surface area contributed by atoms with E-state index in [1.807, 2.05) is 29.2 Å². The Balaban J connectivity index is 1.56. The second-order valence-electron chi connectivity index (χ2n) is 5.82. The van der Waals surface area contributed by atoms with Crippen LogP contribution < -0.4 is 0 Å². The van der Waals surface area contributed by atoms with Crippen LogP contribution in [-0.4, -0.2) is 43.8 Å².